The third-order valence-electron chi connectivity index (χ3n) is 4.79. The second-order valence-corrected chi connectivity index (χ2v) is 6.32. The Labute approximate surface area is 151 Å². The molecule has 4 rings (SSSR count). The van der Waals surface area contributed by atoms with E-state index in [0.29, 0.717) is 12.2 Å². The molecule has 1 aliphatic heterocycles. The Balaban J connectivity index is 1.49. The second-order valence-electron chi connectivity index (χ2n) is 6.32. The summed E-state index contributed by atoms with van der Waals surface area (Å²) in [5.74, 6) is 0. The first-order valence-corrected chi connectivity index (χ1v) is 8.62. The van der Waals surface area contributed by atoms with E-state index >= 15 is 0 Å². The Bertz CT molecular complexity index is 890. The molecule has 0 bridgehead atoms. The van der Waals surface area contributed by atoms with Crippen LogP contribution in [0.3, 0.4) is 0 Å². The number of rotatable bonds is 3. The lowest BCUT2D eigenvalue weighted by Gasteiger charge is -2.36. The molecule has 3 N–H and O–H groups in total. The van der Waals surface area contributed by atoms with Crippen molar-refractivity contribution in [3.8, 4) is 11.3 Å². The Morgan fingerprint density at radius 1 is 1.19 bits per heavy atom. The van der Waals surface area contributed by atoms with Crippen LogP contribution in [-0.4, -0.2) is 39.4 Å². The molecular weight excluding hydrogens is 328 g/mol. The number of anilines is 1. The highest BCUT2D eigenvalue weighted by Gasteiger charge is 2.30. The van der Waals surface area contributed by atoms with Crippen molar-refractivity contribution >= 4 is 11.7 Å². The predicted octanol–water partition coefficient (Wildman–Crippen LogP) is 3.20. The number of H-pyrrole nitrogens is 1. The zero-order chi connectivity index (χ0) is 17.9. The van der Waals surface area contributed by atoms with E-state index in [-0.39, 0.29) is 18.7 Å². The monoisotopic (exact) mass is 348 g/mol. The Hall–Kier alpha value is -3.12. The number of carbonyl (C=O) groups is 1. The van der Waals surface area contributed by atoms with Crippen molar-refractivity contribution in [2.24, 2.45) is 0 Å². The van der Waals surface area contributed by atoms with Crippen LogP contribution in [0.15, 0.2) is 60.8 Å². The van der Waals surface area contributed by atoms with Crippen LogP contribution in [0.2, 0.25) is 0 Å². The van der Waals surface area contributed by atoms with Crippen molar-refractivity contribution in [2.45, 2.75) is 12.5 Å². The van der Waals surface area contributed by atoms with Gasteiger partial charge in [-0.15, -0.1) is 0 Å². The van der Waals surface area contributed by atoms with E-state index in [1.54, 1.807) is 11.1 Å². The summed E-state index contributed by atoms with van der Waals surface area (Å²) in [7, 11) is 0. The molecule has 1 atom stereocenters. The average Bonchev–Trinajstić information content (AvgIpc) is 3.22. The predicted molar refractivity (Wildman–Crippen MR) is 99.7 cm³/mol. The summed E-state index contributed by atoms with van der Waals surface area (Å²) in [6.07, 6.45) is 2.49. The zero-order valence-electron chi connectivity index (χ0n) is 14.2. The van der Waals surface area contributed by atoms with Gasteiger partial charge in [0.2, 0.25) is 0 Å². The van der Waals surface area contributed by atoms with Crippen LogP contribution in [0.4, 0.5) is 10.5 Å². The van der Waals surface area contributed by atoms with E-state index in [1.165, 1.54) is 5.56 Å². The SMILES string of the molecule is O=C(Nc1ccc(-c2ccn[nH]2)cc1)N1CCc2ccccc2C1CO. The fourth-order valence-corrected chi connectivity index (χ4v) is 3.44. The van der Waals surface area contributed by atoms with Crippen LogP contribution in [0.1, 0.15) is 17.2 Å². The molecule has 6 nitrogen and oxygen atoms in total. The molecule has 132 valence electrons. The molecule has 1 aromatic heterocycles. The minimum Gasteiger partial charge on any atom is -0.394 e. The second kappa shape index (κ2) is 7.01. The Morgan fingerprint density at radius 2 is 2.00 bits per heavy atom. The molecular formula is C20H20N4O2. The number of nitrogens with zero attached hydrogens (tertiary/aromatic N) is 2. The maximum Gasteiger partial charge on any atom is 0.322 e. The molecule has 0 fully saturated rings. The maximum atomic E-state index is 12.7. The summed E-state index contributed by atoms with van der Waals surface area (Å²) in [5, 5.41) is 19.6. The lowest BCUT2D eigenvalue weighted by atomic mass is 9.93. The van der Waals surface area contributed by atoms with Crippen LogP contribution in [0.25, 0.3) is 11.3 Å². The number of aliphatic hydroxyl groups excluding tert-OH is 1. The molecule has 0 saturated heterocycles. The lowest BCUT2D eigenvalue weighted by molar-refractivity contribution is 0.135. The third kappa shape index (κ3) is 3.07. The van der Waals surface area contributed by atoms with Gasteiger partial charge < -0.3 is 15.3 Å². The van der Waals surface area contributed by atoms with Gasteiger partial charge in [-0.05, 0) is 41.3 Å². The van der Waals surface area contributed by atoms with Crippen LogP contribution in [0, 0.1) is 0 Å². The number of urea groups is 1. The highest BCUT2D eigenvalue weighted by Crippen LogP contribution is 2.30. The first-order chi connectivity index (χ1) is 12.8. The fraction of sp³-hybridized carbons (Fsp3) is 0.200. The summed E-state index contributed by atoms with van der Waals surface area (Å²) < 4.78 is 0. The zero-order valence-corrected chi connectivity index (χ0v) is 14.2. The van der Waals surface area contributed by atoms with Gasteiger partial charge in [-0.1, -0.05) is 36.4 Å². The Morgan fingerprint density at radius 3 is 2.73 bits per heavy atom. The molecule has 6 heteroatoms. The number of hydrogen-bond donors (Lipinski definition) is 3. The van der Waals surface area contributed by atoms with E-state index in [2.05, 4.69) is 21.6 Å². The largest absolute Gasteiger partial charge is 0.394 e. The van der Waals surface area contributed by atoms with Gasteiger partial charge in [0.25, 0.3) is 0 Å². The topological polar surface area (TPSA) is 81.2 Å². The molecule has 0 spiro atoms. The van der Waals surface area contributed by atoms with Crippen LogP contribution >= 0.6 is 0 Å². The van der Waals surface area contributed by atoms with Gasteiger partial charge in [0.1, 0.15) is 0 Å². The molecule has 3 aromatic rings. The molecule has 0 radical (unpaired) electrons. The highest BCUT2D eigenvalue weighted by atomic mass is 16.3. The third-order valence-corrected chi connectivity index (χ3v) is 4.79. The molecule has 1 unspecified atom stereocenters. The number of benzene rings is 2. The molecule has 0 saturated carbocycles. The molecule has 2 aromatic carbocycles. The number of aromatic nitrogens is 2. The number of aromatic amines is 1. The summed E-state index contributed by atoms with van der Waals surface area (Å²) in [6.45, 7) is 0.490. The fourth-order valence-electron chi connectivity index (χ4n) is 3.44. The van der Waals surface area contributed by atoms with E-state index in [9.17, 15) is 9.90 Å². The Kier molecular flexibility index (Phi) is 4.41. The molecule has 2 heterocycles. The minimum atomic E-state index is -0.316. The normalized spacial score (nSPS) is 16.2. The number of aliphatic hydroxyl groups is 1. The molecule has 2 amide bonds. The average molecular weight is 348 g/mol. The number of nitrogens with one attached hydrogen (secondary N) is 2. The first kappa shape index (κ1) is 16.4. The van der Waals surface area contributed by atoms with Crippen LogP contribution in [0.5, 0.6) is 0 Å². The molecule has 1 aliphatic rings. The van der Waals surface area contributed by atoms with E-state index in [0.717, 1.165) is 23.2 Å². The van der Waals surface area contributed by atoms with Gasteiger partial charge in [0.15, 0.2) is 0 Å². The van der Waals surface area contributed by atoms with Gasteiger partial charge in [-0.3, -0.25) is 5.10 Å². The quantitative estimate of drug-likeness (QED) is 0.680. The number of carbonyl (C=O) groups excluding carboxylic acids is 1. The number of hydrogen-bond acceptors (Lipinski definition) is 3. The summed E-state index contributed by atoms with van der Waals surface area (Å²) in [6, 6.07) is 16.9. The van der Waals surface area contributed by atoms with Crippen molar-refractivity contribution in [1.29, 1.82) is 0 Å². The maximum absolute atomic E-state index is 12.7. The van der Waals surface area contributed by atoms with E-state index in [4.69, 9.17) is 0 Å². The van der Waals surface area contributed by atoms with E-state index in [1.807, 2.05) is 48.5 Å². The molecule has 26 heavy (non-hydrogen) atoms. The van der Waals surface area contributed by atoms with Crippen molar-refractivity contribution in [3.63, 3.8) is 0 Å². The summed E-state index contributed by atoms with van der Waals surface area (Å²) >= 11 is 0. The number of amides is 2. The van der Waals surface area contributed by atoms with Gasteiger partial charge in [-0.25, -0.2) is 4.79 Å². The summed E-state index contributed by atoms with van der Waals surface area (Å²) in [4.78, 5) is 14.4. The number of fused-ring (bicyclic) bond motifs is 1. The first-order valence-electron chi connectivity index (χ1n) is 8.62. The highest BCUT2D eigenvalue weighted by molar-refractivity contribution is 5.90. The van der Waals surface area contributed by atoms with Gasteiger partial charge in [0.05, 0.1) is 18.3 Å². The molecule has 0 aliphatic carbocycles. The smallest absolute Gasteiger partial charge is 0.322 e. The van der Waals surface area contributed by atoms with Crippen molar-refractivity contribution < 1.29 is 9.90 Å². The lowest BCUT2D eigenvalue weighted by Crippen LogP contribution is -2.43. The van der Waals surface area contributed by atoms with Crippen LogP contribution in [-0.2, 0) is 6.42 Å². The summed E-state index contributed by atoms with van der Waals surface area (Å²) in [5.41, 5.74) is 4.86. The van der Waals surface area contributed by atoms with Gasteiger partial charge in [0, 0.05) is 18.4 Å². The van der Waals surface area contributed by atoms with Gasteiger partial charge >= 0.3 is 6.03 Å². The van der Waals surface area contributed by atoms with Crippen molar-refractivity contribution in [3.05, 3.63) is 71.9 Å². The van der Waals surface area contributed by atoms with Gasteiger partial charge in [-0.2, -0.15) is 5.10 Å². The standard InChI is InChI=1S/C20H20N4O2/c25-13-19-17-4-2-1-3-14(17)10-12-24(19)20(26)22-16-7-5-15(6-8-16)18-9-11-21-23-18/h1-9,11,19,25H,10,12-13H2,(H,21,23)(H,22,26). The van der Waals surface area contributed by atoms with E-state index < -0.39 is 0 Å². The van der Waals surface area contributed by atoms with Crippen molar-refractivity contribution in [2.75, 3.05) is 18.5 Å². The van der Waals surface area contributed by atoms with Crippen LogP contribution < -0.4 is 5.32 Å². The van der Waals surface area contributed by atoms with Crippen molar-refractivity contribution in [1.82, 2.24) is 15.1 Å². The minimum absolute atomic E-state index is 0.0941.